The van der Waals surface area contributed by atoms with Crippen LogP contribution in [-0.4, -0.2) is 21.6 Å². The summed E-state index contributed by atoms with van der Waals surface area (Å²) in [5, 5.41) is 12.5. The highest BCUT2D eigenvalue weighted by molar-refractivity contribution is 5.32. The summed E-state index contributed by atoms with van der Waals surface area (Å²) in [6, 6.07) is 1.82. The van der Waals surface area contributed by atoms with E-state index in [0.29, 0.717) is 11.7 Å². The maximum absolute atomic E-state index is 9.30. The van der Waals surface area contributed by atoms with Crippen molar-refractivity contribution in [2.45, 2.75) is 6.42 Å². The molecule has 15 heavy (non-hydrogen) atoms. The van der Waals surface area contributed by atoms with Gasteiger partial charge in [0.15, 0.2) is 0 Å². The molecule has 1 unspecified atom stereocenters. The van der Waals surface area contributed by atoms with E-state index in [-0.39, 0.29) is 0 Å². The van der Waals surface area contributed by atoms with Crippen LogP contribution in [0, 0.1) is 5.92 Å². The Morgan fingerprint density at radius 3 is 3.20 bits per heavy atom. The van der Waals surface area contributed by atoms with Crippen molar-refractivity contribution in [2.24, 2.45) is 5.92 Å². The minimum absolute atomic E-state index is 0.324. The highest BCUT2D eigenvalue weighted by Crippen LogP contribution is 2.15. The predicted molar refractivity (Wildman–Crippen MR) is 58.5 cm³/mol. The summed E-state index contributed by atoms with van der Waals surface area (Å²) in [6.07, 6.45) is 9.71. The lowest BCUT2D eigenvalue weighted by Gasteiger charge is -2.15. The first-order valence-corrected chi connectivity index (χ1v) is 4.92. The SMILES string of the molecule is OC1=CC(CNc2ccncn2)CC=C1. The van der Waals surface area contributed by atoms with Crippen LogP contribution < -0.4 is 5.32 Å². The Balaban J connectivity index is 1.87. The van der Waals surface area contributed by atoms with Gasteiger partial charge in [0.1, 0.15) is 17.9 Å². The highest BCUT2D eigenvalue weighted by Gasteiger charge is 2.08. The third-order valence-electron chi connectivity index (χ3n) is 2.26. The average Bonchev–Trinajstić information content (AvgIpc) is 2.28. The number of nitrogens with one attached hydrogen (secondary N) is 1. The van der Waals surface area contributed by atoms with Crippen LogP contribution in [0.3, 0.4) is 0 Å². The smallest absolute Gasteiger partial charge is 0.129 e. The molecular weight excluding hydrogens is 190 g/mol. The summed E-state index contributed by atoms with van der Waals surface area (Å²) in [4.78, 5) is 7.90. The largest absolute Gasteiger partial charge is 0.508 e. The van der Waals surface area contributed by atoms with E-state index in [2.05, 4.69) is 15.3 Å². The van der Waals surface area contributed by atoms with E-state index in [1.807, 2.05) is 18.2 Å². The van der Waals surface area contributed by atoms with Gasteiger partial charge >= 0.3 is 0 Å². The molecule has 1 heterocycles. The molecule has 78 valence electrons. The number of nitrogens with zero attached hydrogens (tertiary/aromatic N) is 2. The number of anilines is 1. The van der Waals surface area contributed by atoms with Gasteiger partial charge in [-0.3, -0.25) is 0 Å². The molecule has 1 atom stereocenters. The molecule has 2 N–H and O–H groups in total. The molecule has 0 saturated carbocycles. The van der Waals surface area contributed by atoms with Crippen molar-refractivity contribution < 1.29 is 5.11 Å². The van der Waals surface area contributed by atoms with Crippen LogP contribution in [0.5, 0.6) is 0 Å². The van der Waals surface area contributed by atoms with E-state index in [1.54, 1.807) is 12.3 Å². The second kappa shape index (κ2) is 4.59. The Hall–Kier alpha value is -1.84. The number of allylic oxidation sites excluding steroid dienone is 2. The molecule has 0 spiro atoms. The van der Waals surface area contributed by atoms with Crippen molar-refractivity contribution >= 4 is 5.82 Å². The zero-order chi connectivity index (χ0) is 10.5. The van der Waals surface area contributed by atoms with E-state index in [0.717, 1.165) is 18.8 Å². The number of hydrogen-bond acceptors (Lipinski definition) is 4. The maximum Gasteiger partial charge on any atom is 0.129 e. The Labute approximate surface area is 88.4 Å². The minimum atomic E-state index is 0.324. The average molecular weight is 203 g/mol. The van der Waals surface area contributed by atoms with E-state index in [1.165, 1.54) is 6.33 Å². The lowest BCUT2D eigenvalue weighted by molar-refractivity contribution is 0.418. The molecule has 0 bridgehead atoms. The molecule has 0 saturated heterocycles. The number of rotatable bonds is 3. The quantitative estimate of drug-likeness (QED) is 0.787. The van der Waals surface area contributed by atoms with Crippen LogP contribution in [-0.2, 0) is 0 Å². The van der Waals surface area contributed by atoms with Gasteiger partial charge < -0.3 is 10.4 Å². The molecule has 2 rings (SSSR count). The molecule has 0 fully saturated rings. The van der Waals surface area contributed by atoms with E-state index in [9.17, 15) is 5.11 Å². The van der Waals surface area contributed by atoms with Gasteiger partial charge in [0.2, 0.25) is 0 Å². The van der Waals surface area contributed by atoms with Gasteiger partial charge in [0, 0.05) is 18.7 Å². The van der Waals surface area contributed by atoms with Crippen molar-refractivity contribution in [3.05, 3.63) is 42.6 Å². The Bertz CT molecular complexity index is 373. The summed E-state index contributed by atoms with van der Waals surface area (Å²) in [7, 11) is 0. The zero-order valence-electron chi connectivity index (χ0n) is 8.30. The third-order valence-corrected chi connectivity index (χ3v) is 2.26. The van der Waals surface area contributed by atoms with Crippen molar-refractivity contribution in [3.8, 4) is 0 Å². The van der Waals surface area contributed by atoms with Gasteiger partial charge in [0.05, 0.1) is 0 Å². The van der Waals surface area contributed by atoms with Gasteiger partial charge in [-0.05, 0) is 24.6 Å². The first-order valence-electron chi connectivity index (χ1n) is 4.92. The van der Waals surface area contributed by atoms with Crippen LogP contribution in [0.4, 0.5) is 5.82 Å². The fourth-order valence-corrected chi connectivity index (χ4v) is 1.50. The van der Waals surface area contributed by atoms with E-state index in [4.69, 9.17) is 0 Å². The van der Waals surface area contributed by atoms with Crippen LogP contribution in [0.1, 0.15) is 6.42 Å². The van der Waals surface area contributed by atoms with Gasteiger partial charge in [0.25, 0.3) is 0 Å². The fraction of sp³-hybridized carbons (Fsp3) is 0.273. The van der Waals surface area contributed by atoms with E-state index >= 15 is 0 Å². The van der Waals surface area contributed by atoms with Crippen LogP contribution in [0.2, 0.25) is 0 Å². The van der Waals surface area contributed by atoms with Gasteiger partial charge in [-0.1, -0.05) is 6.08 Å². The summed E-state index contributed by atoms with van der Waals surface area (Å²) < 4.78 is 0. The van der Waals surface area contributed by atoms with Crippen molar-refractivity contribution in [1.29, 1.82) is 0 Å². The molecule has 1 aliphatic carbocycles. The summed E-state index contributed by atoms with van der Waals surface area (Å²) in [6.45, 7) is 0.769. The summed E-state index contributed by atoms with van der Waals surface area (Å²) in [5.74, 6) is 1.48. The minimum Gasteiger partial charge on any atom is -0.508 e. The molecule has 1 aromatic heterocycles. The van der Waals surface area contributed by atoms with Crippen molar-refractivity contribution in [1.82, 2.24) is 9.97 Å². The van der Waals surface area contributed by atoms with E-state index < -0.39 is 0 Å². The van der Waals surface area contributed by atoms with Crippen LogP contribution in [0.15, 0.2) is 42.6 Å². The molecule has 0 aliphatic heterocycles. The lowest BCUT2D eigenvalue weighted by Crippen LogP contribution is -2.14. The molecule has 4 heteroatoms. The summed E-state index contributed by atoms with van der Waals surface area (Å²) in [5.41, 5.74) is 0. The Kier molecular flexibility index (Phi) is 2.97. The molecule has 1 aromatic rings. The molecule has 4 nitrogen and oxygen atoms in total. The fourth-order valence-electron chi connectivity index (χ4n) is 1.50. The highest BCUT2D eigenvalue weighted by atomic mass is 16.3. The summed E-state index contributed by atoms with van der Waals surface area (Å²) >= 11 is 0. The predicted octanol–water partition coefficient (Wildman–Crippen LogP) is 1.91. The maximum atomic E-state index is 9.30. The third kappa shape index (κ3) is 2.80. The van der Waals surface area contributed by atoms with Gasteiger partial charge in [-0.25, -0.2) is 9.97 Å². The van der Waals surface area contributed by atoms with Gasteiger partial charge in [-0.2, -0.15) is 0 Å². The second-order valence-electron chi connectivity index (χ2n) is 3.47. The normalized spacial score (nSPS) is 19.7. The monoisotopic (exact) mass is 203 g/mol. The molecule has 1 aliphatic rings. The second-order valence-corrected chi connectivity index (χ2v) is 3.47. The number of aliphatic hydroxyl groups is 1. The Morgan fingerprint density at radius 2 is 2.47 bits per heavy atom. The molecule has 0 aromatic carbocycles. The molecule has 0 radical (unpaired) electrons. The number of hydrogen-bond donors (Lipinski definition) is 2. The zero-order valence-corrected chi connectivity index (χ0v) is 8.30. The van der Waals surface area contributed by atoms with Crippen LogP contribution >= 0.6 is 0 Å². The standard InChI is InChI=1S/C11H13N3O/c15-10-3-1-2-9(6-10)7-13-11-4-5-12-8-14-11/h1,3-6,8-9,15H,2,7H2,(H,12,13,14). The van der Waals surface area contributed by atoms with Crippen LogP contribution in [0.25, 0.3) is 0 Å². The molecular formula is C11H13N3O. The first kappa shape index (κ1) is 9.71. The number of aromatic nitrogens is 2. The molecule has 0 amide bonds. The van der Waals surface area contributed by atoms with Crippen molar-refractivity contribution in [2.75, 3.05) is 11.9 Å². The number of aliphatic hydroxyl groups excluding tert-OH is 1. The lowest BCUT2D eigenvalue weighted by atomic mass is 10.00. The first-order chi connectivity index (χ1) is 7.34. The topological polar surface area (TPSA) is 58.0 Å². The Morgan fingerprint density at radius 1 is 1.53 bits per heavy atom. The van der Waals surface area contributed by atoms with Gasteiger partial charge in [-0.15, -0.1) is 0 Å². The van der Waals surface area contributed by atoms with Crippen molar-refractivity contribution in [3.63, 3.8) is 0 Å².